The van der Waals surface area contributed by atoms with Gasteiger partial charge in [0.25, 0.3) is 0 Å². The fraction of sp³-hybridized carbons (Fsp3) is 0.824. The van der Waals surface area contributed by atoms with Gasteiger partial charge in [-0.25, -0.2) is 0 Å². The maximum Gasteiger partial charge on any atom is 0.245 e. The van der Waals surface area contributed by atoms with Crippen LogP contribution in [0.15, 0.2) is 12.7 Å². The van der Waals surface area contributed by atoms with Crippen LogP contribution in [0.3, 0.4) is 0 Å². The summed E-state index contributed by atoms with van der Waals surface area (Å²) in [5.41, 5.74) is 0. The largest absolute Gasteiger partial charge is 0.418 e. The summed E-state index contributed by atoms with van der Waals surface area (Å²) in [6, 6.07) is 2.17. The van der Waals surface area contributed by atoms with Crippen molar-refractivity contribution in [3.05, 3.63) is 12.7 Å². The standard InChI is InChI=1S/C17H37NO3Si2/c1-8-17(19)18(13-11-15-22(4,5)20-9-2)14-12-16-23(6,7)21-10-3/h8H,1,9-16H2,2-7H3. The number of hydrogen-bond acceptors (Lipinski definition) is 3. The lowest BCUT2D eigenvalue weighted by molar-refractivity contribution is -0.126. The van der Waals surface area contributed by atoms with E-state index in [4.69, 9.17) is 8.85 Å². The van der Waals surface area contributed by atoms with Crippen LogP contribution in [-0.4, -0.2) is 53.7 Å². The van der Waals surface area contributed by atoms with Gasteiger partial charge < -0.3 is 13.8 Å². The number of amides is 1. The molecule has 0 unspecified atom stereocenters. The van der Waals surface area contributed by atoms with Crippen LogP contribution in [0.1, 0.15) is 26.7 Å². The summed E-state index contributed by atoms with van der Waals surface area (Å²) >= 11 is 0. The molecule has 0 atom stereocenters. The van der Waals surface area contributed by atoms with Gasteiger partial charge >= 0.3 is 0 Å². The first kappa shape index (κ1) is 22.6. The van der Waals surface area contributed by atoms with Crippen LogP contribution in [0.4, 0.5) is 0 Å². The third kappa shape index (κ3) is 10.9. The van der Waals surface area contributed by atoms with Crippen LogP contribution in [0, 0.1) is 0 Å². The Balaban J connectivity index is 4.33. The van der Waals surface area contributed by atoms with Crippen LogP contribution in [0.2, 0.25) is 38.3 Å². The Morgan fingerprint density at radius 1 is 0.957 bits per heavy atom. The van der Waals surface area contributed by atoms with Crippen molar-refractivity contribution in [2.24, 2.45) is 0 Å². The molecule has 4 nitrogen and oxygen atoms in total. The molecule has 0 aromatic rings. The second-order valence-electron chi connectivity index (χ2n) is 7.12. The molecule has 0 N–H and O–H groups in total. The average Bonchev–Trinajstić information content (AvgIpc) is 2.44. The number of carbonyl (C=O) groups is 1. The molecule has 0 saturated heterocycles. The molecule has 0 radical (unpaired) electrons. The lowest BCUT2D eigenvalue weighted by atomic mass is 10.3. The van der Waals surface area contributed by atoms with E-state index in [-0.39, 0.29) is 5.91 Å². The molecule has 0 bridgehead atoms. The molecule has 0 aromatic heterocycles. The molecule has 0 aliphatic carbocycles. The minimum absolute atomic E-state index is 0.0387. The number of carbonyl (C=O) groups excluding carboxylic acids is 1. The molecule has 23 heavy (non-hydrogen) atoms. The maximum atomic E-state index is 12.0. The summed E-state index contributed by atoms with van der Waals surface area (Å²) in [6.07, 6.45) is 3.44. The summed E-state index contributed by atoms with van der Waals surface area (Å²) in [5, 5.41) is 0. The van der Waals surface area contributed by atoms with Gasteiger partial charge in [-0.15, -0.1) is 0 Å². The smallest absolute Gasteiger partial charge is 0.245 e. The van der Waals surface area contributed by atoms with Crippen molar-refractivity contribution < 1.29 is 13.6 Å². The van der Waals surface area contributed by atoms with E-state index in [1.807, 2.05) is 18.7 Å². The zero-order valence-electron chi connectivity index (χ0n) is 16.1. The fourth-order valence-electron chi connectivity index (χ4n) is 2.78. The van der Waals surface area contributed by atoms with Gasteiger partial charge in [-0.2, -0.15) is 0 Å². The highest BCUT2D eigenvalue weighted by Crippen LogP contribution is 2.16. The minimum atomic E-state index is -1.56. The number of nitrogens with zero attached hydrogens (tertiary/aromatic N) is 1. The first-order valence-electron chi connectivity index (χ1n) is 8.86. The maximum absolute atomic E-state index is 12.0. The first-order chi connectivity index (χ1) is 10.7. The van der Waals surface area contributed by atoms with E-state index in [2.05, 4.69) is 32.8 Å². The van der Waals surface area contributed by atoms with E-state index in [0.717, 1.165) is 51.2 Å². The van der Waals surface area contributed by atoms with Crippen molar-refractivity contribution in [1.29, 1.82) is 0 Å². The van der Waals surface area contributed by atoms with Gasteiger partial charge in [-0.1, -0.05) is 6.58 Å². The zero-order valence-corrected chi connectivity index (χ0v) is 18.1. The van der Waals surface area contributed by atoms with Crippen molar-refractivity contribution in [1.82, 2.24) is 4.90 Å². The van der Waals surface area contributed by atoms with Crippen LogP contribution < -0.4 is 0 Å². The van der Waals surface area contributed by atoms with E-state index >= 15 is 0 Å². The Hall–Kier alpha value is -0.436. The number of rotatable bonds is 13. The Bertz CT molecular complexity index is 336. The molecule has 0 saturated carbocycles. The van der Waals surface area contributed by atoms with Gasteiger partial charge in [0.05, 0.1) is 0 Å². The Morgan fingerprint density at radius 3 is 1.65 bits per heavy atom. The zero-order chi connectivity index (χ0) is 17.9. The predicted molar refractivity (Wildman–Crippen MR) is 104 cm³/mol. The third-order valence-electron chi connectivity index (χ3n) is 3.97. The Kier molecular flexibility index (Phi) is 11.0. The second kappa shape index (κ2) is 11.2. The van der Waals surface area contributed by atoms with E-state index in [0.29, 0.717) is 0 Å². The molecule has 0 aromatic carbocycles. The Morgan fingerprint density at radius 2 is 1.35 bits per heavy atom. The Labute approximate surface area is 145 Å². The molecule has 0 aliphatic heterocycles. The summed E-state index contributed by atoms with van der Waals surface area (Å²) in [7, 11) is -3.13. The highest BCUT2D eigenvalue weighted by Gasteiger charge is 2.24. The van der Waals surface area contributed by atoms with Crippen LogP contribution in [0.25, 0.3) is 0 Å². The minimum Gasteiger partial charge on any atom is -0.418 e. The van der Waals surface area contributed by atoms with E-state index in [9.17, 15) is 4.79 Å². The summed E-state index contributed by atoms with van der Waals surface area (Å²) in [6.45, 7) is 19.9. The molecule has 1 amide bonds. The van der Waals surface area contributed by atoms with Crippen molar-refractivity contribution in [3.8, 4) is 0 Å². The summed E-state index contributed by atoms with van der Waals surface area (Å²) in [4.78, 5) is 14.0. The molecule has 0 fully saturated rings. The summed E-state index contributed by atoms with van der Waals surface area (Å²) in [5.74, 6) is 0.0387. The van der Waals surface area contributed by atoms with Gasteiger partial charge in [0.1, 0.15) is 0 Å². The molecule has 0 spiro atoms. The van der Waals surface area contributed by atoms with Crippen molar-refractivity contribution in [3.63, 3.8) is 0 Å². The molecular formula is C17H37NO3Si2. The van der Waals surface area contributed by atoms with Gasteiger partial charge in [0.2, 0.25) is 5.91 Å². The molecule has 0 heterocycles. The number of hydrogen-bond donors (Lipinski definition) is 0. The highest BCUT2D eigenvalue weighted by atomic mass is 28.4. The fourth-order valence-corrected chi connectivity index (χ4v) is 6.65. The monoisotopic (exact) mass is 359 g/mol. The predicted octanol–water partition coefficient (Wildman–Crippen LogP) is 4.26. The van der Waals surface area contributed by atoms with Crippen molar-refractivity contribution in [2.75, 3.05) is 26.3 Å². The highest BCUT2D eigenvalue weighted by molar-refractivity contribution is 6.71. The van der Waals surface area contributed by atoms with Gasteiger partial charge in [-0.3, -0.25) is 4.79 Å². The van der Waals surface area contributed by atoms with Gasteiger partial charge in [0, 0.05) is 26.3 Å². The third-order valence-corrected chi connectivity index (χ3v) is 9.23. The topological polar surface area (TPSA) is 38.8 Å². The normalized spacial score (nSPS) is 12.3. The van der Waals surface area contributed by atoms with E-state index < -0.39 is 16.6 Å². The molecular weight excluding hydrogens is 322 g/mol. The first-order valence-corrected chi connectivity index (χ1v) is 15.1. The summed E-state index contributed by atoms with van der Waals surface area (Å²) < 4.78 is 11.7. The van der Waals surface area contributed by atoms with Gasteiger partial charge in [-0.05, 0) is 71.0 Å². The molecule has 6 heteroatoms. The van der Waals surface area contributed by atoms with Crippen LogP contribution >= 0.6 is 0 Å². The van der Waals surface area contributed by atoms with E-state index in [1.165, 1.54) is 6.08 Å². The lowest BCUT2D eigenvalue weighted by Gasteiger charge is -2.27. The lowest BCUT2D eigenvalue weighted by Crippen LogP contribution is -2.36. The quantitative estimate of drug-likeness (QED) is 0.364. The van der Waals surface area contributed by atoms with Gasteiger partial charge in [0.15, 0.2) is 16.6 Å². The van der Waals surface area contributed by atoms with Crippen molar-refractivity contribution in [2.45, 2.75) is 65.0 Å². The van der Waals surface area contributed by atoms with Crippen molar-refractivity contribution >= 4 is 22.5 Å². The van der Waals surface area contributed by atoms with Crippen LogP contribution in [-0.2, 0) is 13.6 Å². The molecule has 0 rings (SSSR count). The average molecular weight is 360 g/mol. The SMILES string of the molecule is C=CC(=O)N(CCC[Si](C)(C)OCC)CCC[Si](C)(C)OCC. The molecule has 136 valence electrons. The van der Waals surface area contributed by atoms with E-state index in [1.54, 1.807) is 0 Å². The van der Waals surface area contributed by atoms with Crippen LogP contribution in [0.5, 0.6) is 0 Å². The second-order valence-corrected chi connectivity index (χ2v) is 15.7. The molecule has 0 aliphatic rings.